The molecule has 1 aliphatic heterocycles. The normalized spacial score (nSPS) is 17.3. The van der Waals surface area contributed by atoms with Crippen molar-refractivity contribution >= 4 is 11.0 Å². The van der Waals surface area contributed by atoms with Crippen LogP contribution in [0.1, 0.15) is 30.1 Å². The summed E-state index contributed by atoms with van der Waals surface area (Å²) in [7, 11) is 1.72. The molecule has 0 amide bonds. The Balaban J connectivity index is 1.34. The zero-order chi connectivity index (χ0) is 20.3. The number of aromatic nitrogens is 3. The second-order valence-electron chi connectivity index (χ2n) is 8.02. The SMILES string of the molecule is COc1cccc(CN2CCCC(c3nc4ccc(-c5ccncc5)cc4[nH]3)C2)c1. The van der Waals surface area contributed by atoms with Crippen molar-refractivity contribution in [2.45, 2.75) is 25.3 Å². The maximum atomic E-state index is 5.37. The van der Waals surface area contributed by atoms with Crippen LogP contribution in [0, 0.1) is 0 Å². The molecule has 1 N–H and O–H groups in total. The Hall–Kier alpha value is -3.18. The number of hydrogen-bond donors (Lipinski definition) is 1. The molecule has 0 radical (unpaired) electrons. The van der Waals surface area contributed by atoms with Crippen LogP contribution in [-0.2, 0) is 6.54 Å². The number of aromatic amines is 1. The first-order valence-electron chi connectivity index (χ1n) is 10.5. The molecule has 1 aliphatic rings. The molecule has 3 heterocycles. The third kappa shape index (κ3) is 3.94. The molecule has 5 heteroatoms. The van der Waals surface area contributed by atoms with Gasteiger partial charge in [-0.25, -0.2) is 4.98 Å². The Kier molecular flexibility index (Phi) is 5.20. The largest absolute Gasteiger partial charge is 0.497 e. The lowest BCUT2D eigenvalue weighted by molar-refractivity contribution is 0.197. The summed E-state index contributed by atoms with van der Waals surface area (Å²) in [6, 6.07) is 18.9. The molecular weight excluding hydrogens is 372 g/mol. The van der Waals surface area contributed by atoms with Gasteiger partial charge < -0.3 is 9.72 Å². The molecule has 1 atom stereocenters. The van der Waals surface area contributed by atoms with Crippen molar-refractivity contribution < 1.29 is 4.74 Å². The van der Waals surface area contributed by atoms with Crippen molar-refractivity contribution in [1.82, 2.24) is 19.9 Å². The minimum absolute atomic E-state index is 0.432. The minimum Gasteiger partial charge on any atom is -0.497 e. The van der Waals surface area contributed by atoms with E-state index in [0.717, 1.165) is 42.2 Å². The van der Waals surface area contributed by atoms with E-state index in [1.165, 1.54) is 29.5 Å². The van der Waals surface area contributed by atoms with Gasteiger partial charge in [0, 0.05) is 31.4 Å². The molecule has 2 aromatic heterocycles. The van der Waals surface area contributed by atoms with E-state index >= 15 is 0 Å². The predicted molar refractivity (Wildman–Crippen MR) is 120 cm³/mol. The number of likely N-dealkylation sites (tertiary alicyclic amines) is 1. The van der Waals surface area contributed by atoms with Gasteiger partial charge >= 0.3 is 0 Å². The Morgan fingerprint density at radius 2 is 1.97 bits per heavy atom. The van der Waals surface area contributed by atoms with Gasteiger partial charge in [0.25, 0.3) is 0 Å². The van der Waals surface area contributed by atoms with Crippen LogP contribution in [0.4, 0.5) is 0 Å². The third-order valence-electron chi connectivity index (χ3n) is 5.95. The number of methoxy groups -OCH3 is 1. The smallest absolute Gasteiger partial charge is 0.119 e. The first-order chi connectivity index (χ1) is 14.8. The van der Waals surface area contributed by atoms with E-state index in [1.54, 1.807) is 7.11 Å². The van der Waals surface area contributed by atoms with Crippen LogP contribution in [0.3, 0.4) is 0 Å². The fourth-order valence-corrected chi connectivity index (χ4v) is 4.40. The van der Waals surface area contributed by atoms with E-state index in [4.69, 9.17) is 9.72 Å². The number of ether oxygens (including phenoxy) is 1. The van der Waals surface area contributed by atoms with Gasteiger partial charge in [-0.3, -0.25) is 9.88 Å². The maximum Gasteiger partial charge on any atom is 0.119 e. The van der Waals surface area contributed by atoms with E-state index in [1.807, 2.05) is 30.6 Å². The van der Waals surface area contributed by atoms with Crippen molar-refractivity contribution in [3.63, 3.8) is 0 Å². The molecule has 0 saturated carbocycles. The lowest BCUT2D eigenvalue weighted by atomic mass is 9.97. The molecule has 152 valence electrons. The molecule has 5 nitrogen and oxygen atoms in total. The fraction of sp³-hybridized carbons (Fsp3) is 0.280. The van der Waals surface area contributed by atoms with Crippen LogP contribution in [0.25, 0.3) is 22.2 Å². The molecule has 0 aliphatic carbocycles. The number of nitrogens with one attached hydrogen (secondary N) is 1. The van der Waals surface area contributed by atoms with Crippen LogP contribution < -0.4 is 4.74 Å². The summed E-state index contributed by atoms with van der Waals surface area (Å²) in [4.78, 5) is 15.2. The lowest BCUT2D eigenvalue weighted by Gasteiger charge is -2.31. The topological polar surface area (TPSA) is 54.0 Å². The second-order valence-corrected chi connectivity index (χ2v) is 8.02. The highest BCUT2D eigenvalue weighted by Gasteiger charge is 2.24. The third-order valence-corrected chi connectivity index (χ3v) is 5.95. The fourth-order valence-electron chi connectivity index (χ4n) is 4.40. The highest BCUT2D eigenvalue weighted by atomic mass is 16.5. The van der Waals surface area contributed by atoms with Gasteiger partial charge in [0.2, 0.25) is 0 Å². The van der Waals surface area contributed by atoms with E-state index in [-0.39, 0.29) is 0 Å². The summed E-state index contributed by atoms with van der Waals surface area (Å²) in [5.41, 5.74) is 5.78. The summed E-state index contributed by atoms with van der Waals surface area (Å²) in [5, 5.41) is 0. The van der Waals surface area contributed by atoms with Crippen molar-refractivity contribution in [3.05, 3.63) is 78.4 Å². The van der Waals surface area contributed by atoms with Gasteiger partial charge in [0.05, 0.1) is 18.1 Å². The lowest BCUT2D eigenvalue weighted by Crippen LogP contribution is -2.34. The van der Waals surface area contributed by atoms with E-state index in [9.17, 15) is 0 Å². The van der Waals surface area contributed by atoms with E-state index < -0.39 is 0 Å². The Morgan fingerprint density at radius 1 is 1.07 bits per heavy atom. The number of imidazole rings is 1. The van der Waals surface area contributed by atoms with Crippen LogP contribution >= 0.6 is 0 Å². The number of hydrogen-bond acceptors (Lipinski definition) is 4. The Labute approximate surface area is 176 Å². The number of H-pyrrole nitrogens is 1. The van der Waals surface area contributed by atoms with Crippen molar-refractivity contribution in [2.75, 3.05) is 20.2 Å². The summed E-state index contributed by atoms with van der Waals surface area (Å²) in [6.45, 7) is 3.09. The molecule has 1 fully saturated rings. The monoisotopic (exact) mass is 398 g/mol. The molecule has 1 saturated heterocycles. The number of pyridine rings is 1. The standard InChI is InChI=1S/C25H26N4O/c1-30-22-6-2-4-18(14-22)16-29-13-3-5-21(17-29)25-27-23-8-7-20(15-24(23)28-25)19-9-11-26-12-10-19/h2,4,6-12,14-15,21H,3,5,13,16-17H2,1H3,(H,27,28). The number of benzene rings is 2. The maximum absolute atomic E-state index is 5.37. The summed E-state index contributed by atoms with van der Waals surface area (Å²) >= 11 is 0. The van der Waals surface area contributed by atoms with E-state index in [2.05, 4.69) is 51.3 Å². The van der Waals surface area contributed by atoms with Gasteiger partial charge in [-0.15, -0.1) is 0 Å². The molecule has 2 aromatic carbocycles. The van der Waals surface area contributed by atoms with E-state index in [0.29, 0.717) is 5.92 Å². The molecule has 0 bridgehead atoms. The van der Waals surface area contributed by atoms with Crippen LogP contribution in [0.15, 0.2) is 67.0 Å². The Bertz CT molecular complexity index is 1140. The Morgan fingerprint density at radius 3 is 2.83 bits per heavy atom. The highest BCUT2D eigenvalue weighted by molar-refractivity contribution is 5.82. The van der Waals surface area contributed by atoms with Crippen LogP contribution in [0.5, 0.6) is 5.75 Å². The van der Waals surface area contributed by atoms with Gasteiger partial charge in [0.1, 0.15) is 11.6 Å². The summed E-state index contributed by atoms with van der Waals surface area (Å²) < 4.78 is 5.37. The molecule has 1 unspecified atom stereocenters. The minimum atomic E-state index is 0.432. The van der Waals surface area contributed by atoms with Crippen molar-refractivity contribution in [1.29, 1.82) is 0 Å². The predicted octanol–water partition coefficient (Wildman–Crippen LogP) is 5.01. The van der Waals surface area contributed by atoms with Gasteiger partial charge in [-0.1, -0.05) is 18.2 Å². The second kappa shape index (κ2) is 8.28. The van der Waals surface area contributed by atoms with Gasteiger partial charge in [-0.2, -0.15) is 0 Å². The summed E-state index contributed by atoms with van der Waals surface area (Å²) in [6.07, 6.45) is 6.02. The van der Waals surface area contributed by atoms with Crippen molar-refractivity contribution in [2.24, 2.45) is 0 Å². The molecular formula is C25H26N4O. The van der Waals surface area contributed by atoms with Gasteiger partial charge in [0.15, 0.2) is 0 Å². The van der Waals surface area contributed by atoms with Crippen molar-refractivity contribution in [3.8, 4) is 16.9 Å². The number of rotatable bonds is 5. The number of nitrogens with zero attached hydrogens (tertiary/aromatic N) is 3. The molecule has 4 aromatic rings. The van der Waals surface area contributed by atoms with Crippen LogP contribution in [0.2, 0.25) is 0 Å². The molecule has 30 heavy (non-hydrogen) atoms. The first kappa shape index (κ1) is 18.8. The number of fused-ring (bicyclic) bond motifs is 1. The average Bonchev–Trinajstić information content (AvgIpc) is 3.23. The zero-order valence-electron chi connectivity index (χ0n) is 17.2. The number of piperidine rings is 1. The molecule has 0 spiro atoms. The van der Waals surface area contributed by atoms with Gasteiger partial charge in [-0.05, 0) is 72.5 Å². The molecule has 5 rings (SSSR count). The first-order valence-corrected chi connectivity index (χ1v) is 10.5. The zero-order valence-corrected chi connectivity index (χ0v) is 17.2. The van der Waals surface area contributed by atoms with Crippen LogP contribution in [-0.4, -0.2) is 40.1 Å². The quantitative estimate of drug-likeness (QED) is 0.513. The summed E-state index contributed by atoms with van der Waals surface area (Å²) in [5.74, 6) is 2.46. The average molecular weight is 399 g/mol. The highest BCUT2D eigenvalue weighted by Crippen LogP contribution is 2.29.